The maximum Gasteiger partial charge on any atom is 0.238 e. The van der Waals surface area contributed by atoms with Gasteiger partial charge in [-0.15, -0.1) is 21.5 Å². The van der Waals surface area contributed by atoms with Crippen LogP contribution in [0.2, 0.25) is 0 Å². The first-order chi connectivity index (χ1) is 15.1. The third kappa shape index (κ3) is 4.83. The molecule has 0 spiro atoms. The summed E-state index contributed by atoms with van der Waals surface area (Å²) < 4.78 is 1.94. The van der Waals surface area contributed by atoms with E-state index < -0.39 is 0 Å². The molecule has 1 unspecified atom stereocenters. The molecular weight excluding hydrogens is 426 g/mol. The Morgan fingerprint density at radius 1 is 1.26 bits per heavy atom. The van der Waals surface area contributed by atoms with E-state index in [-0.39, 0.29) is 11.2 Å². The van der Waals surface area contributed by atoms with Crippen LogP contribution < -0.4 is 5.32 Å². The largest absolute Gasteiger partial charge is 0.316 e. The summed E-state index contributed by atoms with van der Waals surface area (Å²) in [6.07, 6.45) is 6.07. The van der Waals surface area contributed by atoms with E-state index in [4.69, 9.17) is 0 Å². The number of aromatic nitrogens is 3. The number of amides is 1. The monoisotopic (exact) mass is 451 g/mol. The Balaban J connectivity index is 1.44. The van der Waals surface area contributed by atoms with Gasteiger partial charge in [-0.2, -0.15) is 5.26 Å². The summed E-state index contributed by atoms with van der Waals surface area (Å²) in [5.41, 5.74) is 2.96. The van der Waals surface area contributed by atoms with Crippen LogP contribution in [0, 0.1) is 11.3 Å². The number of nitrogens with one attached hydrogen (secondary N) is 1. The van der Waals surface area contributed by atoms with Crippen molar-refractivity contribution in [3.8, 4) is 6.07 Å². The molecule has 2 heterocycles. The zero-order valence-electron chi connectivity index (χ0n) is 17.7. The van der Waals surface area contributed by atoms with E-state index in [0.717, 1.165) is 37.1 Å². The van der Waals surface area contributed by atoms with E-state index in [1.165, 1.54) is 28.6 Å². The lowest BCUT2D eigenvalue weighted by Gasteiger charge is -2.11. The van der Waals surface area contributed by atoms with E-state index in [1.54, 1.807) is 11.3 Å². The highest BCUT2D eigenvalue weighted by Crippen LogP contribution is 2.37. The number of hydrogen-bond acceptors (Lipinski definition) is 6. The Kier molecular flexibility index (Phi) is 6.73. The van der Waals surface area contributed by atoms with Crippen molar-refractivity contribution < 1.29 is 4.79 Å². The number of nitrogens with zero attached hydrogens (tertiary/aromatic N) is 4. The minimum atomic E-state index is -0.360. The summed E-state index contributed by atoms with van der Waals surface area (Å²) in [5.74, 6) is 0.737. The number of carbonyl (C=O) groups is 1. The van der Waals surface area contributed by atoms with Gasteiger partial charge in [0.1, 0.15) is 16.9 Å². The van der Waals surface area contributed by atoms with Crippen molar-refractivity contribution >= 4 is 34.0 Å². The molecule has 1 aliphatic carbocycles. The molecule has 0 aliphatic heterocycles. The van der Waals surface area contributed by atoms with Crippen LogP contribution in [-0.4, -0.2) is 25.9 Å². The third-order valence-electron chi connectivity index (χ3n) is 5.55. The van der Waals surface area contributed by atoms with Crippen LogP contribution in [0.1, 0.15) is 53.6 Å². The molecule has 31 heavy (non-hydrogen) atoms. The van der Waals surface area contributed by atoms with Gasteiger partial charge in [-0.1, -0.05) is 48.5 Å². The highest BCUT2D eigenvalue weighted by atomic mass is 32.2. The van der Waals surface area contributed by atoms with Crippen molar-refractivity contribution in [2.24, 2.45) is 7.05 Å². The van der Waals surface area contributed by atoms with Gasteiger partial charge in [0.25, 0.3) is 0 Å². The van der Waals surface area contributed by atoms with Crippen LogP contribution in [0.4, 0.5) is 5.00 Å². The van der Waals surface area contributed by atoms with Gasteiger partial charge in [-0.25, -0.2) is 0 Å². The van der Waals surface area contributed by atoms with Crippen LogP contribution in [0.5, 0.6) is 0 Å². The first-order valence-corrected chi connectivity index (χ1v) is 12.2. The van der Waals surface area contributed by atoms with Crippen molar-refractivity contribution in [2.45, 2.75) is 55.9 Å². The molecule has 1 aromatic carbocycles. The van der Waals surface area contributed by atoms with Gasteiger partial charge in [-0.05, 0) is 43.7 Å². The topological polar surface area (TPSA) is 83.6 Å². The second-order valence-electron chi connectivity index (χ2n) is 7.75. The molecule has 8 heteroatoms. The summed E-state index contributed by atoms with van der Waals surface area (Å²) in [6, 6.07) is 12.5. The molecule has 0 fully saturated rings. The van der Waals surface area contributed by atoms with E-state index in [9.17, 15) is 10.1 Å². The van der Waals surface area contributed by atoms with Gasteiger partial charge in [0.2, 0.25) is 5.91 Å². The van der Waals surface area contributed by atoms with Gasteiger partial charge in [0.15, 0.2) is 5.16 Å². The highest BCUT2D eigenvalue weighted by Gasteiger charge is 2.24. The van der Waals surface area contributed by atoms with Gasteiger partial charge in [-0.3, -0.25) is 4.79 Å². The number of hydrogen-bond donors (Lipinski definition) is 1. The molecule has 2 aromatic heterocycles. The summed E-state index contributed by atoms with van der Waals surface area (Å²) in [7, 11) is 1.93. The molecule has 1 aliphatic rings. The van der Waals surface area contributed by atoms with Gasteiger partial charge in [0.05, 0.1) is 10.8 Å². The minimum absolute atomic E-state index is 0.120. The molecule has 6 nitrogen and oxygen atoms in total. The summed E-state index contributed by atoms with van der Waals surface area (Å²) in [4.78, 5) is 14.1. The van der Waals surface area contributed by atoms with Crippen LogP contribution in [0.25, 0.3) is 0 Å². The Morgan fingerprint density at radius 2 is 2.03 bits per heavy atom. The molecule has 1 atom stereocenters. The quantitative estimate of drug-likeness (QED) is 0.433. The number of thioether (sulfide) groups is 1. The van der Waals surface area contributed by atoms with Crippen LogP contribution in [0.3, 0.4) is 0 Å². The molecule has 3 aromatic rings. The van der Waals surface area contributed by atoms with Crippen molar-refractivity contribution in [1.82, 2.24) is 14.8 Å². The number of aryl methyl sites for hydroxylation is 1. The maximum absolute atomic E-state index is 12.9. The molecule has 160 valence electrons. The standard InChI is InChI=1S/C23H25N5OS2/c1-15(30-23-27-26-20(28(23)2)13-16-9-5-3-6-10-16)21(29)25-22-18(14-24)17-11-7-4-8-12-19(17)31-22/h3,5-6,9-10,15H,4,7-8,11-13H2,1-2H3,(H,25,29). The maximum atomic E-state index is 12.9. The average molecular weight is 452 g/mol. The first-order valence-electron chi connectivity index (χ1n) is 10.5. The smallest absolute Gasteiger partial charge is 0.238 e. The van der Waals surface area contributed by atoms with E-state index >= 15 is 0 Å². The van der Waals surface area contributed by atoms with E-state index in [2.05, 4.69) is 33.7 Å². The lowest BCUT2D eigenvalue weighted by molar-refractivity contribution is -0.115. The number of fused-ring (bicyclic) bond motifs is 1. The molecule has 1 N–H and O–H groups in total. The first kappa shape index (κ1) is 21.6. The Hall–Kier alpha value is -2.63. The van der Waals surface area contributed by atoms with Crippen LogP contribution in [-0.2, 0) is 31.1 Å². The SMILES string of the molecule is CC(Sc1nnc(Cc2ccccc2)n1C)C(=O)Nc1sc2c(c1C#N)CCCCC2. The van der Waals surface area contributed by atoms with Gasteiger partial charge in [0, 0.05) is 18.3 Å². The number of rotatable bonds is 6. The fourth-order valence-electron chi connectivity index (χ4n) is 3.75. The Labute approximate surface area is 190 Å². The second kappa shape index (κ2) is 9.67. The lowest BCUT2D eigenvalue weighted by atomic mass is 10.1. The molecule has 0 saturated carbocycles. The van der Waals surface area contributed by atoms with Gasteiger partial charge >= 0.3 is 0 Å². The summed E-state index contributed by atoms with van der Waals surface area (Å²) in [5, 5.41) is 22.3. The summed E-state index contributed by atoms with van der Waals surface area (Å²) >= 11 is 2.94. The number of benzene rings is 1. The Morgan fingerprint density at radius 3 is 2.81 bits per heavy atom. The minimum Gasteiger partial charge on any atom is -0.316 e. The van der Waals surface area contributed by atoms with Gasteiger partial charge < -0.3 is 9.88 Å². The number of thiophene rings is 1. The third-order valence-corrected chi connectivity index (χ3v) is 7.89. The molecular formula is C23H25N5OS2. The highest BCUT2D eigenvalue weighted by molar-refractivity contribution is 8.00. The van der Waals surface area contributed by atoms with Crippen molar-refractivity contribution in [3.05, 3.63) is 57.7 Å². The summed E-state index contributed by atoms with van der Waals surface area (Å²) in [6.45, 7) is 1.86. The predicted molar refractivity (Wildman–Crippen MR) is 124 cm³/mol. The zero-order valence-corrected chi connectivity index (χ0v) is 19.4. The van der Waals surface area contributed by atoms with E-state index in [1.807, 2.05) is 36.7 Å². The predicted octanol–water partition coefficient (Wildman–Crippen LogP) is 4.73. The molecule has 0 radical (unpaired) electrons. The zero-order chi connectivity index (χ0) is 21.8. The van der Waals surface area contributed by atoms with Crippen LogP contribution in [0.15, 0.2) is 35.5 Å². The fourth-order valence-corrected chi connectivity index (χ4v) is 5.83. The van der Waals surface area contributed by atoms with Crippen molar-refractivity contribution in [1.29, 1.82) is 5.26 Å². The lowest BCUT2D eigenvalue weighted by Crippen LogP contribution is -2.22. The second-order valence-corrected chi connectivity index (χ2v) is 10.2. The van der Waals surface area contributed by atoms with Crippen LogP contribution >= 0.6 is 23.1 Å². The van der Waals surface area contributed by atoms with E-state index in [0.29, 0.717) is 22.1 Å². The fraction of sp³-hybridized carbons (Fsp3) is 0.391. The molecule has 0 saturated heterocycles. The van der Waals surface area contributed by atoms with Crippen molar-refractivity contribution in [2.75, 3.05) is 5.32 Å². The molecule has 4 rings (SSSR count). The van der Waals surface area contributed by atoms with Crippen molar-refractivity contribution in [3.63, 3.8) is 0 Å². The number of anilines is 1. The number of nitriles is 1. The number of carbonyl (C=O) groups excluding carboxylic acids is 1. The average Bonchev–Trinajstić information content (AvgIpc) is 3.17. The molecule has 1 amide bonds. The Bertz CT molecular complexity index is 1110. The molecule has 0 bridgehead atoms. The normalized spacial score (nSPS) is 14.4.